The average molecular weight is 577 g/mol. The summed E-state index contributed by atoms with van der Waals surface area (Å²) in [5.41, 5.74) is 3.34. The highest BCUT2D eigenvalue weighted by atomic mass is 19.1. The second-order valence-electron chi connectivity index (χ2n) is 10.5. The number of ether oxygens (including phenoxy) is 2. The first kappa shape index (κ1) is 29.2. The molecule has 3 N–H and O–H groups in total. The number of hydrogen-bond donors (Lipinski definition) is 3. The highest BCUT2D eigenvalue weighted by Crippen LogP contribution is 2.32. The first-order chi connectivity index (χ1) is 20.4. The molecule has 0 unspecified atom stereocenters. The molecule has 220 valence electrons. The average Bonchev–Trinajstić information content (AvgIpc) is 2.99. The molecule has 2 fully saturated rings. The van der Waals surface area contributed by atoms with Crippen LogP contribution in [0.1, 0.15) is 52.0 Å². The Morgan fingerprint density at radius 2 is 1.79 bits per heavy atom. The highest BCUT2D eigenvalue weighted by molar-refractivity contribution is 5.96. The third-order valence-electron chi connectivity index (χ3n) is 7.57. The molecule has 2 amide bonds. The number of hydrogen-bond acceptors (Lipinski definition) is 7. The Bertz CT molecular complexity index is 1440. The van der Waals surface area contributed by atoms with Gasteiger partial charge in [-0.15, -0.1) is 0 Å². The van der Waals surface area contributed by atoms with Crippen molar-refractivity contribution in [2.45, 2.75) is 44.3 Å². The molecule has 42 heavy (non-hydrogen) atoms. The molecule has 11 heteroatoms. The maximum absolute atomic E-state index is 14.2. The molecule has 1 saturated carbocycles. The van der Waals surface area contributed by atoms with Gasteiger partial charge in [-0.25, -0.2) is 14.2 Å². The van der Waals surface area contributed by atoms with Crippen LogP contribution in [-0.2, 0) is 11.3 Å². The summed E-state index contributed by atoms with van der Waals surface area (Å²) >= 11 is 0. The van der Waals surface area contributed by atoms with E-state index in [2.05, 4.69) is 20.5 Å². The summed E-state index contributed by atoms with van der Waals surface area (Å²) < 4.78 is 25.7. The number of nitrogens with zero attached hydrogens (tertiary/aromatic N) is 2. The standard InChI is InChI=1S/C31H33FN4O6/c32-23-16-28(29(38)34-24-5-7-25(8-6-24)35-31(39)40)30(33-17-23)42-26-3-1-2-21(15-26)27-9-4-20(19-37)14-22(27)18-36-10-12-41-13-11-36/h1-4,9,14-17,19,24-25,35H,5-8,10-13,18H2,(H,34,38)(H,39,40). The van der Waals surface area contributed by atoms with Crippen molar-refractivity contribution in [1.29, 1.82) is 0 Å². The van der Waals surface area contributed by atoms with Crippen molar-refractivity contribution in [3.63, 3.8) is 0 Å². The van der Waals surface area contributed by atoms with Crippen LogP contribution in [0.4, 0.5) is 9.18 Å². The summed E-state index contributed by atoms with van der Waals surface area (Å²) in [4.78, 5) is 41.9. The molecule has 0 spiro atoms. The second kappa shape index (κ2) is 13.5. The highest BCUT2D eigenvalue weighted by Gasteiger charge is 2.25. The van der Waals surface area contributed by atoms with E-state index in [1.54, 1.807) is 12.1 Å². The molecule has 2 heterocycles. The lowest BCUT2D eigenvalue weighted by molar-refractivity contribution is 0.0342. The van der Waals surface area contributed by atoms with Crippen molar-refractivity contribution in [2.24, 2.45) is 0 Å². The molecule has 1 aliphatic carbocycles. The fraction of sp³-hybridized carbons (Fsp3) is 0.355. The first-order valence-corrected chi connectivity index (χ1v) is 14.0. The van der Waals surface area contributed by atoms with Gasteiger partial charge in [0.1, 0.15) is 23.4 Å². The Morgan fingerprint density at radius 1 is 1.05 bits per heavy atom. The van der Waals surface area contributed by atoms with Gasteiger partial charge in [0, 0.05) is 37.3 Å². The second-order valence-corrected chi connectivity index (χ2v) is 10.5. The number of rotatable bonds is 9. The van der Waals surface area contributed by atoms with E-state index in [1.165, 1.54) is 0 Å². The number of benzene rings is 2. The molecule has 5 rings (SSSR count). The van der Waals surface area contributed by atoms with Crippen LogP contribution in [0, 0.1) is 5.82 Å². The van der Waals surface area contributed by atoms with E-state index in [0.717, 1.165) is 48.3 Å². The molecule has 0 bridgehead atoms. The summed E-state index contributed by atoms with van der Waals surface area (Å²) in [5, 5.41) is 14.3. The number of pyridine rings is 1. The third-order valence-corrected chi connectivity index (χ3v) is 7.57. The zero-order valence-electron chi connectivity index (χ0n) is 23.1. The number of carbonyl (C=O) groups excluding carboxylic acids is 2. The fourth-order valence-electron chi connectivity index (χ4n) is 5.43. The fourth-order valence-corrected chi connectivity index (χ4v) is 5.43. The van der Waals surface area contributed by atoms with Crippen LogP contribution in [0.25, 0.3) is 11.1 Å². The van der Waals surface area contributed by atoms with E-state index >= 15 is 0 Å². The molecule has 1 saturated heterocycles. The minimum Gasteiger partial charge on any atom is -0.465 e. The van der Waals surface area contributed by atoms with Crippen molar-refractivity contribution in [3.05, 3.63) is 77.2 Å². The Hall–Kier alpha value is -4.35. The van der Waals surface area contributed by atoms with Crippen LogP contribution < -0.4 is 15.4 Å². The van der Waals surface area contributed by atoms with E-state index in [4.69, 9.17) is 14.6 Å². The third kappa shape index (κ3) is 7.48. The SMILES string of the molecule is O=Cc1ccc(-c2cccc(Oc3ncc(F)cc3C(=O)NC3CCC(NC(=O)O)CC3)c2)c(CN2CCOCC2)c1. The quantitative estimate of drug-likeness (QED) is 0.315. The zero-order valence-corrected chi connectivity index (χ0v) is 23.1. The van der Waals surface area contributed by atoms with Gasteiger partial charge in [0.15, 0.2) is 0 Å². The number of carboxylic acid groups (broad SMARTS) is 1. The molecule has 2 aliphatic rings. The molecule has 0 atom stereocenters. The number of carbonyl (C=O) groups is 3. The Balaban J connectivity index is 1.33. The maximum atomic E-state index is 14.2. The Morgan fingerprint density at radius 3 is 2.50 bits per heavy atom. The smallest absolute Gasteiger partial charge is 0.404 e. The molecule has 1 aliphatic heterocycles. The van der Waals surface area contributed by atoms with Gasteiger partial charge in [-0.05, 0) is 66.6 Å². The van der Waals surface area contributed by atoms with Crippen molar-refractivity contribution in [3.8, 4) is 22.8 Å². The van der Waals surface area contributed by atoms with Crippen LogP contribution in [0.15, 0.2) is 54.7 Å². The molecule has 0 radical (unpaired) electrons. The van der Waals surface area contributed by atoms with E-state index in [1.807, 2.05) is 30.3 Å². The predicted molar refractivity (Wildman–Crippen MR) is 152 cm³/mol. The first-order valence-electron chi connectivity index (χ1n) is 14.0. The van der Waals surface area contributed by atoms with Crippen molar-refractivity contribution >= 4 is 18.3 Å². The van der Waals surface area contributed by atoms with Crippen molar-refractivity contribution < 1.29 is 33.4 Å². The van der Waals surface area contributed by atoms with E-state index in [-0.39, 0.29) is 23.5 Å². The van der Waals surface area contributed by atoms with Gasteiger partial charge in [-0.1, -0.05) is 24.3 Å². The van der Waals surface area contributed by atoms with Crippen LogP contribution in [-0.4, -0.2) is 71.7 Å². The van der Waals surface area contributed by atoms with Gasteiger partial charge < -0.3 is 25.2 Å². The largest absolute Gasteiger partial charge is 0.465 e. The summed E-state index contributed by atoms with van der Waals surface area (Å²) in [7, 11) is 0. The summed E-state index contributed by atoms with van der Waals surface area (Å²) in [6, 6.07) is 13.7. The predicted octanol–water partition coefficient (Wildman–Crippen LogP) is 4.63. The number of nitrogens with one attached hydrogen (secondary N) is 2. The maximum Gasteiger partial charge on any atom is 0.404 e. The molecule has 2 aromatic carbocycles. The molecule has 3 aromatic rings. The van der Waals surface area contributed by atoms with Gasteiger partial charge in [-0.2, -0.15) is 0 Å². The van der Waals surface area contributed by atoms with Gasteiger partial charge in [0.25, 0.3) is 5.91 Å². The summed E-state index contributed by atoms with van der Waals surface area (Å²) in [5.74, 6) is -0.798. The number of amides is 2. The number of morpholine rings is 1. The lowest BCUT2D eigenvalue weighted by atomic mass is 9.91. The van der Waals surface area contributed by atoms with Crippen LogP contribution in [0.5, 0.6) is 11.6 Å². The monoisotopic (exact) mass is 576 g/mol. The van der Waals surface area contributed by atoms with Crippen molar-refractivity contribution in [1.82, 2.24) is 20.5 Å². The minimum absolute atomic E-state index is 0.0304. The number of aromatic nitrogens is 1. The Labute approximate surface area is 242 Å². The lowest BCUT2D eigenvalue weighted by Gasteiger charge is -2.29. The summed E-state index contributed by atoms with van der Waals surface area (Å²) in [6.45, 7) is 3.58. The van der Waals surface area contributed by atoms with Crippen LogP contribution in [0.3, 0.4) is 0 Å². The topological polar surface area (TPSA) is 130 Å². The molecule has 1 aromatic heterocycles. The molecular formula is C31H33FN4O6. The summed E-state index contributed by atoms with van der Waals surface area (Å²) in [6.07, 6.45) is 3.13. The van der Waals surface area contributed by atoms with Crippen LogP contribution in [0.2, 0.25) is 0 Å². The van der Waals surface area contributed by atoms with Crippen LogP contribution >= 0.6 is 0 Å². The van der Waals surface area contributed by atoms with Gasteiger partial charge in [-0.3, -0.25) is 14.5 Å². The lowest BCUT2D eigenvalue weighted by Crippen LogP contribution is -2.43. The number of halogens is 1. The van der Waals surface area contributed by atoms with Crippen molar-refractivity contribution in [2.75, 3.05) is 26.3 Å². The van der Waals surface area contributed by atoms with Gasteiger partial charge in [0.2, 0.25) is 5.88 Å². The Kier molecular flexibility index (Phi) is 9.40. The number of aldehydes is 1. The zero-order chi connectivity index (χ0) is 29.5. The van der Waals surface area contributed by atoms with Gasteiger partial charge in [0.05, 0.1) is 19.4 Å². The van der Waals surface area contributed by atoms with E-state index in [9.17, 15) is 18.8 Å². The normalized spacial score (nSPS) is 19.1. The van der Waals surface area contributed by atoms with E-state index in [0.29, 0.717) is 56.8 Å². The van der Waals surface area contributed by atoms with E-state index < -0.39 is 17.8 Å². The van der Waals surface area contributed by atoms with Gasteiger partial charge >= 0.3 is 6.09 Å². The minimum atomic E-state index is -1.06. The molecular weight excluding hydrogens is 543 g/mol. The molecule has 10 nitrogen and oxygen atoms in total.